The van der Waals surface area contributed by atoms with Crippen molar-refractivity contribution < 1.29 is 14.3 Å². The van der Waals surface area contributed by atoms with E-state index in [1.54, 1.807) is 0 Å². The molecule has 1 atom stereocenters. The lowest BCUT2D eigenvalue weighted by Crippen LogP contribution is -2.21. The lowest BCUT2D eigenvalue weighted by Gasteiger charge is -2.15. The van der Waals surface area contributed by atoms with E-state index in [0.29, 0.717) is 13.2 Å². The maximum Gasteiger partial charge on any atom is 0.302 e. The van der Waals surface area contributed by atoms with Crippen LogP contribution in [0.3, 0.4) is 0 Å². The van der Waals surface area contributed by atoms with Gasteiger partial charge in [-0.3, -0.25) is 4.79 Å². The van der Waals surface area contributed by atoms with Gasteiger partial charge in [-0.15, -0.1) is 0 Å². The molecule has 0 N–H and O–H groups in total. The Balaban J connectivity index is 3.59. The summed E-state index contributed by atoms with van der Waals surface area (Å²) in [5.74, 6) is -0.235. The fourth-order valence-electron chi connectivity index (χ4n) is 1.09. The van der Waals surface area contributed by atoms with Crippen LogP contribution >= 0.6 is 0 Å². The normalized spacial score (nSPS) is 12.5. The molecule has 0 aromatic carbocycles. The largest absolute Gasteiger partial charge is 0.463 e. The molecule has 0 fully saturated rings. The van der Waals surface area contributed by atoms with Gasteiger partial charge in [0, 0.05) is 13.5 Å². The van der Waals surface area contributed by atoms with Gasteiger partial charge in [-0.25, -0.2) is 0 Å². The minimum Gasteiger partial charge on any atom is -0.463 e. The highest BCUT2D eigenvalue weighted by Crippen LogP contribution is 2.05. The van der Waals surface area contributed by atoms with Crippen LogP contribution in [0, 0.1) is 0 Å². The van der Waals surface area contributed by atoms with E-state index < -0.39 is 0 Å². The Morgan fingerprint density at radius 3 is 2.54 bits per heavy atom. The van der Waals surface area contributed by atoms with Gasteiger partial charge >= 0.3 is 5.97 Å². The predicted molar refractivity (Wildman–Crippen MR) is 51.6 cm³/mol. The summed E-state index contributed by atoms with van der Waals surface area (Å²) in [6, 6.07) is 0. The maximum atomic E-state index is 10.5. The fourth-order valence-corrected chi connectivity index (χ4v) is 1.09. The molecule has 0 aliphatic heterocycles. The molecule has 78 valence electrons. The molecule has 0 spiro atoms. The fraction of sp³-hybridized carbons (Fsp3) is 0.900. The van der Waals surface area contributed by atoms with E-state index in [0.717, 1.165) is 19.3 Å². The summed E-state index contributed by atoms with van der Waals surface area (Å²) in [5, 5.41) is 0. The van der Waals surface area contributed by atoms with Crippen molar-refractivity contribution in [1.29, 1.82) is 0 Å². The summed E-state index contributed by atoms with van der Waals surface area (Å²) >= 11 is 0. The van der Waals surface area contributed by atoms with Gasteiger partial charge in [-0.1, -0.05) is 19.8 Å². The summed E-state index contributed by atoms with van der Waals surface area (Å²) in [5.41, 5.74) is 0. The molecule has 0 aromatic heterocycles. The number of carbonyl (C=O) groups excluding carboxylic acids is 1. The second-order valence-electron chi connectivity index (χ2n) is 3.02. The Morgan fingerprint density at radius 2 is 2.08 bits per heavy atom. The third-order valence-electron chi connectivity index (χ3n) is 1.75. The van der Waals surface area contributed by atoms with E-state index in [9.17, 15) is 4.79 Å². The lowest BCUT2D eigenvalue weighted by molar-refractivity contribution is -0.145. The maximum absolute atomic E-state index is 10.5. The highest BCUT2D eigenvalue weighted by Gasteiger charge is 2.09. The highest BCUT2D eigenvalue weighted by molar-refractivity contribution is 5.65. The Bertz CT molecular complexity index is 134. The van der Waals surface area contributed by atoms with Crippen LogP contribution in [0.4, 0.5) is 0 Å². The van der Waals surface area contributed by atoms with Crippen molar-refractivity contribution in [2.24, 2.45) is 0 Å². The number of hydrogen-bond donors (Lipinski definition) is 0. The summed E-state index contributed by atoms with van der Waals surface area (Å²) in [4.78, 5) is 10.5. The smallest absolute Gasteiger partial charge is 0.302 e. The SMILES string of the molecule is CCCCC(COC(C)=O)OCC. The molecule has 3 heteroatoms. The summed E-state index contributed by atoms with van der Waals surface area (Å²) in [7, 11) is 0. The minimum atomic E-state index is -0.235. The van der Waals surface area contributed by atoms with Gasteiger partial charge in [0.1, 0.15) is 6.61 Å². The van der Waals surface area contributed by atoms with Crippen LogP contribution in [0.15, 0.2) is 0 Å². The molecule has 0 saturated heterocycles. The van der Waals surface area contributed by atoms with Gasteiger partial charge in [0.25, 0.3) is 0 Å². The van der Waals surface area contributed by atoms with Gasteiger partial charge in [-0.05, 0) is 13.3 Å². The van der Waals surface area contributed by atoms with E-state index in [1.165, 1.54) is 6.92 Å². The Labute approximate surface area is 80.4 Å². The summed E-state index contributed by atoms with van der Waals surface area (Å²) in [6.45, 7) is 6.57. The minimum absolute atomic E-state index is 0.0776. The van der Waals surface area contributed by atoms with Crippen molar-refractivity contribution in [3.63, 3.8) is 0 Å². The number of rotatable bonds is 7. The zero-order valence-corrected chi connectivity index (χ0v) is 8.84. The zero-order valence-electron chi connectivity index (χ0n) is 8.84. The van der Waals surface area contributed by atoms with Crippen molar-refractivity contribution in [3.05, 3.63) is 0 Å². The monoisotopic (exact) mass is 188 g/mol. The second-order valence-corrected chi connectivity index (χ2v) is 3.02. The molecular formula is C10H20O3. The molecule has 1 unspecified atom stereocenters. The number of hydrogen-bond acceptors (Lipinski definition) is 3. The van der Waals surface area contributed by atoms with E-state index in [2.05, 4.69) is 6.92 Å². The van der Waals surface area contributed by atoms with Crippen molar-refractivity contribution in [3.8, 4) is 0 Å². The number of carbonyl (C=O) groups is 1. The first-order valence-electron chi connectivity index (χ1n) is 4.95. The highest BCUT2D eigenvalue weighted by atomic mass is 16.6. The molecule has 0 bridgehead atoms. The summed E-state index contributed by atoms with van der Waals surface area (Å²) in [6.07, 6.45) is 3.31. The number of unbranched alkanes of at least 4 members (excludes halogenated alkanes) is 1. The van der Waals surface area contributed by atoms with Gasteiger partial charge in [-0.2, -0.15) is 0 Å². The van der Waals surface area contributed by atoms with Crippen LogP contribution in [0.5, 0.6) is 0 Å². The third-order valence-corrected chi connectivity index (χ3v) is 1.75. The molecule has 0 rings (SSSR count). The predicted octanol–water partition coefficient (Wildman–Crippen LogP) is 2.14. The van der Waals surface area contributed by atoms with Crippen LogP contribution in [-0.2, 0) is 14.3 Å². The first-order chi connectivity index (χ1) is 6.20. The molecule has 0 heterocycles. The molecule has 0 saturated carbocycles. The average molecular weight is 188 g/mol. The first kappa shape index (κ1) is 12.4. The first-order valence-corrected chi connectivity index (χ1v) is 4.95. The van der Waals surface area contributed by atoms with Crippen molar-refractivity contribution in [2.45, 2.75) is 46.1 Å². The quantitative estimate of drug-likeness (QED) is 0.574. The Kier molecular flexibility index (Phi) is 7.69. The topological polar surface area (TPSA) is 35.5 Å². The molecule has 0 aromatic rings. The number of ether oxygens (including phenoxy) is 2. The molecule has 3 nitrogen and oxygen atoms in total. The van der Waals surface area contributed by atoms with Crippen LogP contribution in [0.2, 0.25) is 0 Å². The molecular weight excluding hydrogens is 168 g/mol. The van der Waals surface area contributed by atoms with Crippen LogP contribution < -0.4 is 0 Å². The van der Waals surface area contributed by atoms with E-state index in [1.807, 2.05) is 6.92 Å². The van der Waals surface area contributed by atoms with Gasteiger partial charge in [0.15, 0.2) is 0 Å². The van der Waals surface area contributed by atoms with Crippen molar-refractivity contribution in [2.75, 3.05) is 13.2 Å². The zero-order chi connectivity index (χ0) is 10.1. The van der Waals surface area contributed by atoms with Gasteiger partial charge in [0.2, 0.25) is 0 Å². The molecule has 13 heavy (non-hydrogen) atoms. The van der Waals surface area contributed by atoms with Gasteiger partial charge in [0.05, 0.1) is 6.10 Å². The standard InChI is InChI=1S/C10H20O3/c1-4-6-7-10(12-5-2)8-13-9(3)11/h10H,4-8H2,1-3H3. The van der Waals surface area contributed by atoms with E-state index in [4.69, 9.17) is 9.47 Å². The molecule has 0 radical (unpaired) electrons. The van der Waals surface area contributed by atoms with Crippen molar-refractivity contribution in [1.82, 2.24) is 0 Å². The van der Waals surface area contributed by atoms with E-state index >= 15 is 0 Å². The Hall–Kier alpha value is -0.570. The van der Waals surface area contributed by atoms with E-state index in [-0.39, 0.29) is 12.1 Å². The molecule has 0 amide bonds. The lowest BCUT2D eigenvalue weighted by atomic mass is 10.2. The van der Waals surface area contributed by atoms with Crippen LogP contribution in [0.25, 0.3) is 0 Å². The summed E-state index contributed by atoms with van der Waals surface area (Å²) < 4.78 is 10.3. The Morgan fingerprint density at radius 1 is 1.38 bits per heavy atom. The molecule has 0 aliphatic carbocycles. The van der Waals surface area contributed by atoms with Crippen LogP contribution in [-0.4, -0.2) is 25.3 Å². The number of esters is 1. The van der Waals surface area contributed by atoms with Gasteiger partial charge < -0.3 is 9.47 Å². The third kappa shape index (κ3) is 7.78. The van der Waals surface area contributed by atoms with Crippen molar-refractivity contribution >= 4 is 5.97 Å². The molecule has 0 aliphatic rings. The average Bonchev–Trinajstić information content (AvgIpc) is 2.09. The van der Waals surface area contributed by atoms with Crippen LogP contribution in [0.1, 0.15) is 40.0 Å². The second kappa shape index (κ2) is 8.05.